The van der Waals surface area contributed by atoms with E-state index in [-0.39, 0.29) is 18.2 Å². The van der Waals surface area contributed by atoms with Crippen LogP contribution < -0.4 is 11.2 Å². The topological polar surface area (TPSA) is 84.7 Å². The van der Waals surface area contributed by atoms with Gasteiger partial charge in [-0.3, -0.25) is 14.6 Å². The van der Waals surface area contributed by atoms with Crippen molar-refractivity contribution in [2.45, 2.75) is 12.5 Å². The Bertz CT molecular complexity index is 478. The number of hydrogen-bond acceptors (Lipinski definition) is 4. The van der Waals surface area contributed by atoms with E-state index in [1.165, 1.54) is 0 Å². The van der Waals surface area contributed by atoms with Crippen molar-refractivity contribution in [3.8, 4) is 0 Å². The van der Waals surface area contributed by atoms with Crippen LogP contribution in [-0.2, 0) is 14.3 Å². The van der Waals surface area contributed by atoms with E-state index in [1.54, 1.807) is 12.1 Å². The molecule has 2 amide bonds. The summed E-state index contributed by atoms with van der Waals surface area (Å²) in [6, 6.07) is 7.17. The summed E-state index contributed by atoms with van der Waals surface area (Å²) in [6.07, 6.45) is -0.836. The van der Waals surface area contributed by atoms with E-state index in [1.807, 2.05) is 12.1 Å². The summed E-state index contributed by atoms with van der Waals surface area (Å²) in [5, 5.41) is 3.78. The van der Waals surface area contributed by atoms with E-state index in [0.29, 0.717) is 18.8 Å². The number of morpholine rings is 1. The van der Waals surface area contributed by atoms with Gasteiger partial charge in [0.15, 0.2) is 0 Å². The molecule has 0 spiro atoms. The smallest absolute Gasteiger partial charge is 0.266 e. The number of benzene rings is 1. The van der Waals surface area contributed by atoms with Crippen molar-refractivity contribution >= 4 is 33.4 Å². The third-order valence-electron chi connectivity index (χ3n) is 2.71. The first-order valence-corrected chi connectivity index (χ1v) is 6.58. The monoisotopic (exact) mass is 327 g/mol. The lowest BCUT2D eigenvalue weighted by molar-refractivity contribution is -0.155. The number of nitrogens with zero attached hydrogens (tertiary/aromatic N) is 1. The lowest BCUT2D eigenvalue weighted by Gasteiger charge is -2.28. The number of amides is 2. The Kier molecular flexibility index (Phi) is 4.52. The van der Waals surface area contributed by atoms with Crippen LogP contribution in [0, 0.1) is 0 Å². The highest BCUT2D eigenvalue weighted by Gasteiger charge is 2.29. The van der Waals surface area contributed by atoms with Gasteiger partial charge in [0.2, 0.25) is 5.91 Å². The predicted molar refractivity (Wildman–Crippen MR) is 73.0 cm³/mol. The van der Waals surface area contributed by atoms with E-state index in [2.05, 4.69) is 21.2 Å². The average molecular weight is 328 g/mol. The first-order valence-electron chi connectivity index (χ1n) is 5.79. The number of ether oxygens (including phenoxy) is 1. The number of anilines is 1. The van der Waals surface area contributed by atoms with Crippen LogP contribution in [0.15, 0.2) is 28.7 Å². The zero-order valence-electron chi connectivity index (χ0n) is 10.1. The fourth-order valence-corrected chi connectivity index (χ4v) is 1.98. The van der Waals surface area contributed by atoms with Crippen LogP contribution in [-0.4, -0.2) is 36.1 Å². The molecule has 1 heterocycles. The third kappa shape index (κ3) is 3.76. The molecule has 102 valence electrons. The molecule has 0 radical (unpaired) electrons. The Balaban J connectivity index is 1.90. The molecule has 1 unspecified atom stereocenters. The van der Waals surface area contributed by atoms with Crippen LogP contribution in [0.3, 0.4) is 0 Å². The molecule has 0 aliphatic carbocycles. The van der Waals surface area contributed by atoms with Crippen LogP contribution in [0.2, 0.25) is 0 Å². The van der Waals surface area contributed by atoms with E-state index >= 15 is 0 Å². The van der Waals surface area contributed by atoms with Crippen molar-refractivity contribution in [1.82, 2.24) is 5.01 Å². The molecule has 19 heavy (non-hydrogen) atoms. The molecular weight excluding hydrogens is 314 g/mol. The number of rotatable bonds is 3. The molecule has 6 nitrogen and oxygen atoms in total. The fraction of sp³-hybridized carbons (Fsp3) is 0.333. The minimum atomic E-state index is -0.797. The van der Waals surface area contributed by atoms with Gasteiger partial charge in [0, 0.05) is 10.2 Å². The van der Waals surface area contributed by atoms with Gasteiger partial charge in [-0.05, 0) is 24.3 Å². The number of carbonyl (C=O) groups is 2. The van der Waals surface area contributed by atoms with Crippen molar-refractivity contribution in [3.05, 3.63) is 28.7 Å². The van der Waals surface area contributed by atoms with Crippen molar-refractivity contribution in [3.63, 3.8) is 0 Å². The minimum absolute atomic E-state index is 0.0391. The quantitative estimate of drug-likeness (QED) is 0.637. The number of nitrogens with one attached hydrogen (secondary N) is 1. The third-order valence-corrected chi connectivity index (χ3v) is 3.24. The van der Waals surface area contributed by atoms with Crippen molar-refractivity contribution < 1.29 is 14.3 Å². The number of hydrazine groups is 1. The van der Waals surface area contributed by atoms with Gasteiger partial charge in [-0.2, -0.15) is 0 Å². The molecular formula is C12H14BrN3O3. The van der Waals surface area contributed by atoms with Gasteiger partial charge < -0.3 is 10.1 Å². The SMILES string of the molecule is NN1CCOC(CC(=O)Nc2ccc(Br)cc2)C1=O. The van der Waals surface area contributed by atoms with E-state index in [0.717, 1.165) is 9.48 Å². The van der Waals surface area contributed by atoms with Gasteiger partial charge in [-0.1, -0.05) is 15.9 Å². The highest BCUT2D eigenvalue weighted by Crippen LogP contribution is 2.15. The van der Waals surface area contributed by atoms with Crippen LogP contribution >= 0.6 is 15.9 Å². The van der Waals surface area contributed by atoms with Gasteiger partial charge in [0.1, 0.15) is 6.10 Å². The maximum absolute atomic E-state index is 11.8. The molecule has 1 atom stereocenters. The molecule has 1 saturated heterocycles. The second kappa shape index (κ2) is 6.14. The summed E-state index contributed by atoms with van der Waals surface area (Å²) in [7, 11) is 0. The van der Waals surface area contributed by atoms with E-state index < -0.39 is 6.10 Å². The molecule has 7 heteroatoms. The molecule has 1 fully saturated rings. The second-order valence-corrected chi connectivity index (χ2v) is 5.07. The molecule has 0 bridgehead atoms. The zero-order valence-corrected chi connectivity index (χ0v) is 11.7. The van der Waals surface area contributed by atoms with Crippen LogP contribution in [0.25, 0.3) is 0 Å². The van der Waals surface area contributed by atoms with Gasteiger partial charge in [-0.25, -0.2) is 5.84 Å². The van der Waals surface area contributed by atoms with E-state index in [9.17, 15) is 9.59 Å². The van der Waals surface area contributed by atoms with Gasteiger partial charge in [-0.15, -0.1) is 0 Å². The van der Waals surface area contributed by atoms with Gasteiger partial charge in [0.05, 0.1) is 19.6 Å². The molecule has 2 rings (SSSR count). The van der Waals surface area contributed by atoms with Crippen LogP contribution in [0.1, 0.15) is 6.42 Å². The maximum atomic E-state index is 11.8. The summed E-state index contributed by atoms with van der Waals surface area (Å²) in [5.41, 5.74) is 0.668. The summed E-state index contributed by atoms with van der Waals surface area (Å²) >= 11 is 3.31. The minimum Gasteiger partial charge on any atom is -0.366 e. The summed E-state index contributed by atoms with van der Waals surface area (Å²) in [6.45, 7) is 0.697. The molecule has 1 aromatic rings. The summed E-state index contributed by atoms with van der Waals surface area (Å²) in [4.78, 5) is 23.5. The molecule has 1 aromatic carbocycles. The number of carbonyl (C=O) groups excluding carboxylic acids is 2. The lowest BCUT2D eigenvalue weighted by Crippen LogP contribution is -2.52. The van der Waals surface area contributed by atoms with Crippen LogP contribution in [0.4, 0.5) is 5.69 Å². The van der Waals surface area contributed by atoms with Crippen LogP contribution in [0.5, 0.6) is 0 Å². The highest BCUT2D eigenvalue weighted by atomic mass is 79.9. The maximum Gasteiger partial charge on any atom is 0.266 e. The largest absolute Gasteiger partial charge is 0.366 e. The first kappa shape index (κ1) is 14.0. The Morgan fingerprint density at radius 3 is 2.84 bits per heavy atom. The Hall–Kier alpha value is -1.44. The molecule has 0 aromatic heterocycles. The predicted octanol–water partition coefficient (Wildman–Crippen LogP) is 0.879. The zero-order chi connectivity index (χ0) is 13.8. The Morgan fingerprint density at radius 2 is 2.16 bits per heavy atom. The van der Waals surface area contributed by atoms with Gasteiger partial charge in [0.25, 0.3) is 5.91 Å². The Morgan fingerprint density at radius 1 is 1.47 bits per heavy atom. The molecule has 3 N–H and O–H groups in total. The number of hydrogen-bond donors (Lipinski definition) is 2. The molecule has 1 aliphatic heterocycles. The van der Waals surface area contributed by atoms with Crippen molar-refractivity contribution in [1.29, 1.82) is 0 Å². The first-order chi connectivity index (χ1) is 9.06. The molecule has 1 aliphatic rings. The summed E-state index contributed by atoms with van der Waals surface area (Å²) in [5.74, 6) is 4.84. The van der Waals surface area contributed by atoms with Crippen molar-refractivity contribution in [2.24, 2.45) is 5.84 Å². The Labute approximate surface area is 119 Å². The fourth-order valence-electron chi connectivity index (χ4n) is 1.72. The van der Waals surface area contributed by atoms with Crippen molar-refractivity contribution in [2.75, 3.05) is 18.5 Å². The van der Waals surface area contributed by atoms with Gasteiger partial charge >= 0.3 is 0 Å². The number of halogens is 1. The van der Waals surface area contributed by atoms with E-state index in [4.69, 9.17) is 10.6 Å². The standard InChI is InChI=1S/C12H14BrN3O3/c13-8-1-3-9(4-2-8)15-11(17)7-10-12(18)16(14)5-6-19-10/h1-4,10H,5-7,14H2,(H,15,17). The highest BCUT2D eigenvalue weighted by molar-refractivity contribution is 9.10. The number of nitrogens with two attached hydrogens (primary N) is 1. The lowest BCUT2D eigenvalue weighted by atomic mass is 10.2. The average Bonchev–Trinajstić information content (AvgIpc) is 2.38. The second-order valence-electron chi connectivity index (χ2n) is 4.15. The normalized spacial score (nSPS) is 19.4. The molecule has 0 saturated carbocycles. The summed E-state index contributed by atoms with van der Waals surface area (Å²) < 4.78 is 6.17.